The second-order valence-corrected chi connectivity index (χ2v) is 3.14. The molecular formula is C11H11N3. The molecule has 1 unspecified atom stereocenters. The SMILES string of the molecule is CNC(C#N)c1c[nH]c2ccccc12. The van der Waals surface area contributed by atoms with Gasteiger partial charge in [-0.2, -0.15) is 5.26 Å². The van der Waals surface area contributed by atoms with Crippen LogP contribution in [0.4, 0.5) is 0 Å². The van der Waals surface area contributed by atoms with Crippen molar-refractivity contribution < 1.29 is 0 Å². The highest BCUT2D eigenvalue weighted by Crippen LogP contribution is 2.22. The number of fused-ring (bicyclic) bond motifs is 1. The summed E-state index contributed by atoms with van der Waals surface area (Å²) in [7, 11) is 1.79. The summed E-state index contributed by atoms with van der Waals surface area (Å²) in [6.07, 6.45) is 1.88. The van der Waals surface area contributed by atoms with Gasteiger partial charge in [0, 0.05) is 22.7 Å². The maximum Gasteiger partial charge on any atom is 0.123 e. The van der Waals surface area contributed by atoms with Crippen molar-refractivity contribution in [2.45, 2.75) is 6.04 Å². The van der Waals surface area contributed by atoms with Crippen molar-refractivity contribution >= 4 is 10.9 Å². The van der Waals surface area contributed by atoms with Crippen molar-refractivity contribution in [3.8, 4) is 6.07 Å². The third kappa shape index (κ3) is 1.26. The predicted octanol–water partition coefficient (Wildman–Crippen LogP) is 1.95. The fourth-order valence-corrected chi connectivity index (χ4v) is 1.62. The van der Waals surface area contributed by atoms with Gasteiger partial charge in [0.15, 0.2) is 0 Å². The van der Waals surface area contributed by atoms with E-state index >= 15 is 0 Å². The van der Waals surface area contributed by atoms with Gasteiger partial charge >= 0.3 is 0 Å². The first-order valence-corrected chi connectivity index (χ1v) is 4.49. The molecule has 0 aliphatic rings. The molecule has 14 heavy (non-hydrogen) atoms. The molecule has 1 aromatic carbocycles. The third-order valence-corrected chi connectivity index (χ3v) is 2.35. The second-order valence-electron chi connectivity index (χ2n) is 3.14. The molecule has 0 amide bonds. The molecule has 3 heteroatoms. The number of rotatable bonds is 2. The summed E-state index contributed by atoms with van der Waals surface area (Å²) in [4.78, 5) is 3.15. The molecule has 2 N–H and O–H groups in total. The van der Waals surface area contributed by atoms with E-state index in [2.05, 4.69) is 16.4 Å². The van der Waals surface area contributed by atoms with Gasteiger partial charge in [0.05, 0.1) is 6.07 Å². The van der Waals surface area contributed by atoms with Crippen LogP contribution in [0.15, 0.2) is 30.5 Å². The van der Waals surface area contributed by atoms with Crippen molar-refractivity contribution in [2.24, 2.45) is 0 Å². The van der Waals surface area contributed by atoms with E-state index in [4.69, 9.17) is 5.26 Å². The third-order valence-electron chi connectivity index (χ3n) is 2.35. The van der Waals surface area contributed by atoms with Gasteiger partial charge in [-0.25, -0.2) is 0 Å². The first kappa shape index (κ1) is 8.79. The molecule has 1 heterocycles. The summed E-state index contributed by atoms with van der Waals surface area (Å²) in [5.41, 5.74) is 2.07. The van der Waals surface area contributed by atoms with Gasteiger partial charge in [0.1, 0.15) is 6.04 Å². The van der Waals surface area contributed by atoms with E-state index in [1.54, 1.807) is 7.05 Å². The van der Waals surface area contributed by atoms with Crippen LogP contribution >= 0.6 is 0 Å². The highest BCUT2D eigenvalue weighted by molar-refractivity contribution is 5.83. The Bertz CT molecular complexity index is 478. The Morgan fingerprint density at radius 2 is 2.21 bits per heavy atom. The molecule has 0 aliphatic carbocycles. The monoisotopic (exact) mass is 185 g/mol. The first-order valence-electron chi connectivity index (χ1n) is 4.49. The van der Waals surface area contributed by atoms with Gasteiger partial charge in [0.2, 0.25) is 0 Å². The number of nitrogens with one attached hydrogen (secondary N) is 2. The molecule has 0 radical (unpaired) electrons. The van der Waals surface area contributed by atoms with E-state index in [-0.39, 0.29) is 6.04 Å². The van der Waals surface area contributed by atoms with Crippen molar-refractivity contribution in [2.75, 3.05) is 7.05 Å². The molecule has 1 atom stereocenters. The van der Waals surface area contributed by atoms with Gasteiger partial charge in [0.25, 0.3) is 0 Å². The minimum Gasteiger partial charge on any atom is -0.361 e. The topological polar surface area (TPSA) is 51.6 Å². The van der Waals surface area contributed by atoms with E-state index < -0.39 is 0 Å². The number of H-pyrrole nitrogens is 1. The van der Waals surface area contributed by atoms with E-state index in [0.717, 1.165) is 16.5 Å². The van der Waals surface area contributed by atoms with Crippen LogP contribution in [0.25, 0.3) is 10.9 Å². The lowest BCUT2D eigenvalue weighted by molar-refractivity contribution is 0.732. The Balaban J connectivity index is 2.59. The van der Waals surface area contributed by atoms with E-state index in [1.165, 1.54) is 0 Å². The minimum absolute atomic E-state index is 0.244. The molecule has 0 spiro atoms. The molecule has 0 saturated carbocycles. The van der Waals surface area contributed by atoms with Crippen LogP contribution < -0.4 is 5.32 Å². The number of para-hydroxylation sites is 1. The quantitative estimate of drug-likeness (QED) is 0.751. The van der Waals surface area contributed by atoms with Gasteiger partial charge < -0.3 is 10.3 Å². The number of benzene rings is 1. The average Bonchev–Trinajstić information content (AvgIpc) is 2.65. The Morgan fingerprint density at radius 3 is 2.93 bits per heavy atom. The lowest BCUT2D eigenvalue weighted by atomic mass is 10.1. The molecular weight excluding hydrogens is 174 g/mol. The molecule has 0 aliphatic heterocycles. The molecule has 1 aromatic heterocycles. The predicted molar refractivity (Wildman–Crippen MR) is 55.7 cm³/mol. The first-order chi connectivity index (χ1) is 6.86. The van der Waals surface area contributed by atoms with Crippen LogP contribution in [-0.2, 0) is 0 Å². The normalized spacial score (nSPS) is 12.6. The van der Waals surface area contributed by atoms with Crippen LogP contribution in [0, 0.1) is 11.3 Å². The van der Waals surface area contributed by atoms with Crippen molar-refractivity contribution in [1.29, 1.82) is 5.26 Å². The summed E-state index contributed by atoms with van der Waals surface area (Å²) < 4.78 is 0. The Labute approximate surface area is 82.4 Å². The zero-order valence-corrected chi connectivity index (χ0v) is 7.91. The maximum atomic E-state index is 8.93. The largest absolute Gasteiger partial charge is 0.361 e. The summed E-state index contributed by atoms with van der Waals surface area (Å²) >= 11 is 0. The van der Waals surface area contributed by atoms with Crippen molar-refractivity contribution in [1.82, 2.24) is 10.3 Å². The Kier molecular flexibility index (Phi) is 2.21. The van der Waals surface area contributed by atoms with Gasteiger partial charge in [-0.1, -0.05) is 18.2 Å². The number of aromatic amines is 1. The van der Waals surface area contributed by atoms with Crippen LogP contribution in [0.3, 0.4) is 0 Å². The van der Waals surface area contributed by atoms with Gasteiger partial charge in [-0.3, -0.25) is 0 Å². The van der Waals surface area contributed by atoms with Crippen LogP contribution in [0.5, 0.6) is 0 Å². The molecule has 0 saturated heterocycles. The molecule has 0 bridgehead atoms. The molecule has 0 fully saturated rings. The summed E-state index contributed by atoms with van der Waals surface area (Å²) in [5.74, 6) is 0. The Hall–Kier alpha value is -1.79. The number of hydrogen-bond acceptors (Lipinski definition) is 2. The average molecular weight is 185 g/mol. The van der Waals surface area contributed by atoms with Gasteiger partial charge in [-0.15, -0.1) is 0 Å². The standard InChI is InChI=1S/C11H11N3/c1-13-11(6-12)9-7-14-10-5-3-2-4-8(9)10/h2-5,7,11,13-14H,1H3. The zero-order valence-electron chi connectivity index (χ0n) is 7.91. The highest BCUT2D eigenvalue weighted by atomic mass is 14.9. The number of nitrogens with zero attached hydrogens (tertiary/aromatic N) is 1. The summed E-state index contributed by atoms with van der Waals surface area (Å²) in [6, 6.07) is 9.94. The van der Waals surface area contributed by atoms with Crippen LogP contribution in [0.2, 0.25) is 0 Å². The molecule has 2 aromatic rings. The maximum absolute atomic E-state index is 8.93. The second kappa shape index (κ2) is 3.52. The molecule has 2 rings (SSSR count). The van der Waals surface area contributed by atoms with Crippen molar-refractivity contribution in [3.05, 3.63) is 36.0 Å². The number of aromatic nitrogens is 1. The molecule has 3 nitrogen and oxygen atoms in total. The fraction of sp³-hybridized carbons (Fsp3) is 0.182. The lowest BCUT2D eigenvalue weighted by Gasteiger charge is -2.04. The van der Waals surface area contributed by atoms with E-state index in [9.17, 15) is 0 Å². The molecule has 70 valence electrons. The van der Waals surface area contributed by atoms with Crippen molar-refractivity contribution in [3.63, 3.8) is 0 Å². The smallest absolute Gasteiger partial charge is 0.123 e. The summed E-state index contributed by atoms with van der Waals surface area (Å²) in [5, 5.41) is 13.0. The lowest BCUT2D eigenvalue weighted by Crippen LogP contribution is -2.13. The number of nitriles is 1. The zero-order chi connectivity index (χ0) is 9.97. The minimum atomic E-state index is -0.244. The van der Waals surface area contributed by atoms with E-state index in [0.29, 0.717) is 0 Å². The van der Waals surface area contributed by atoms with Gasteiger partial charge in [-0.05, 0) is 13.1 Å². The van der Waals surface area contributed by atoms with Crippen LogP contribution in [0.1, 0.15) is 11.6 Å². The fourth-order valence-electron chi connectivity index (χ4n) is 1.62. The highest BCUT2D eigenvalue weighted by Gasteiger charge is 2.11. The number of hydrogen-bond donors (Lipinski definition) is 2. The van der Waals surface area contributed by atoms with E-state index in [1.807, 2.05) is 30.5 Å². The van der Waals surface area contributed by atoms with Crippen LogP contribution in [-0.4, -0.2) is 12.0 Å². The summed E-state index contributed by atoms with van der Waals surface area (Å²) in [6.45, 7) is 0. The Morgan fingerprint density at radius 1 is 1.43 bits per heavy atom.